The summed E-state index contributed by atoms with van der Waals surface area (Å²) in [5.74, 6) is 0.896. The van der Waals surface area contributed by atoms with Gasteiger partial charge in [0, 0.05) is 36.9 Å². The Morgan fingerprint density at radius 1 is 1.28 bits per heavy atom. The van der Waals surface area contributed by atoms with Gasteiger partial charge in [-0.1, -0.05) is 6.92 Å². The molecule has 100 valence electrons. The summed E-state index contributed by atoms with van der Waals surface area (Å²) in [6.07, 6.45) is 5.67. The lowest BCUT2D eigenvalue weighted by Crippen LogP contribution is -2.31. The van der Waals surface area contributed by atoms with Crippen molar-refractivity contribution in [1.82, 2.24) is 9.97 Å². The second-order valence-electron chi connectivity index (χ2n) is 5.22. The topological polar surface area (TPSA) is 55.0 Å². The van der Waals surface area contributed by atoms with E-state index in [1.807, 2.05) is 6.92 Å². The second-order valence-corrected chi connectivity index (χ2v) is 5.22. The van der Waals surface area contributed by atoms with Gasteiger partial charge in [-0.15, -0.1) is 0 Å². The maximum Gasteiger partial charge on any atom is 0.225 e. The van der Waals surface area contributed by atoms with Gasteiger partial charge in [0.25, 0.3) is 0 Å². The van der Waals surface area contributed by atoms with E-state index in [4.69, 9.17) is 5.73 Å². The Kier molecular flexibility index (Phi) is 4.53. The summed E-state index contributed by atoms with van der Waals surface area (Å²) in [5.41, 5.74) is 8.14. The molecule has 0 saturated carbocycles. The number of piperidine rings is 1. The summed E-state index contributed by atoms with van der Waals surface area (Å²) in [4.78, 5) is 11.5. The minimum absolute atomic E-state index is 0.202. The fourth-order valence-corrected chi connectivity index (χ4v) is 2.37. The summed E-state index contributed by atoms with van der Waals surface area (Å²) in [6, 6.07) is 2.26. The molecule has 1 aromatic heterocycles. The Hall–Kier alpha value is -1.16. The molecule has 2 rings (SSSR count). The first-order valence-electron chi connectivity index (χ1n) is 7.04. The molecule has 4 heteroatoms. The van der Waals surface area contributed by atoms with E-state index in [0.717, 1.165) is 43.3 Å². The van der Waals surface area contributed by atoms with Crippen LogP contribution in [-0.2, 0) is 6.42 Å². The molecular formula is C14H24N4. The van der Waals surface area contributed by atoms with Crippen molar-refractivity contribution in [1.29, 1.82) is 0 Å². The lowest BCUT2D eigenvalue weighted by Gasteiger charge is -2.27. The SMILES string of the molecule is CCC(N)Cc1cc(C)nc(N2CCCCC2)n1. The van der Waals surface area contributed by atoms with Gasteiger partial charge in [0.15, 0.2) is 0 Å². The molecule has 1 atom stereocenters. The van der Waals surface area contributed by atoms with Crippen LogP contribution in [0.15, 0.2) is 6.07 Å². The van der Waals surface area contributed by atoms with Crippen molar-refractivity contribution in [2.24, 2.45) is 5.73 Å². The lowest BCUT2D eigenvalue weighted by atomic mass is 10.1. The minimum atomic E-state index is 0.202. The average molecular weight is 248 g/mol. The predicted octanol–water partition coefficient (Wildman–Crippen LogP) is 2.06. The molecule has 0 amide bonds. The third kappa shape index (κ3) is 3.42. The lowest BCUT2D eigenvalue weighted by molar-refractivity contribution is 0.564. The van der Waals surface area contributed by atoms with Crippen molar-refractivity contribution in [2.75, 3.05) is 18.0 Å². The Labute approximate surface area is 110 Å². The highest BCUT2D eigenvalue weighted by molar-refractivity contribution is 5.33. The van der Waals surface area contributed by atoms with Crippen molar-refractivity contribution in [3.63, 3.8) is 0 Å². The standard InChI is InChI=1S/C14H24N4/c1-3-12(15)10-13-9-11(2)16-14(17-13)18-7-5-4-6-8-18/h9,12H,3-8,10,15H2,1-2H3. The molecule has 0 aromatic carbocycles. The van der Waals surface area contributed by atoms with Crippen LogP contribution in [0.1, 0.15) is 44.0 Å². The Morgan fingerprint density at radius 3 is 2.67 bits per heavy atom. The quantitative estimate of drug-likeness (QED) is 0.886. The minimum Gasteiger partial charge on any atom is -0.341 e. The zero-order valence-electron chi connectivity index (χ0n) is 11.5. The number of rotatable bonds is 4. The fraction of sp³-hybridized carbons (Fsp3) is 0.714. The normalized spacial score (nSPS) is 17.8. The van der Waals surface area contributed by atoms with Crippen LogP contribution >= 0.6 is 0 Å². The smallest absolute Gasteiger partial charge is 0.225 e. The van der Waals surface area contributed by atoms with E-state index >= 15 is 0 Å². The molecule has 0 aliphatic carbocycles. The van der Waals surface area contributed by atoms with Crippen molar-refractivity contribution < 1.29 is 0 Å². The van der Waals surface area contributed by atoms with Crippen molar-refractivity contribution >= 4 is 5.95 Å². The number of nitrogens with zero attached hydrogens (tertiary/aromatic N) is 3. The molecule has 2 N–H and O–H groups in total. The fourth-order valence-electron chi connectivity index (χ4n) is 2.37. The summed E-state index contributed by atoms with van der Waals surface area (Å²) in [5, 5.41) is 0. The van der Waals surface area contributed by atoms with Gasteiger partial charge >= 0.3 is 0 Å². The van der Waals surface area contributed by atoms with Crippen LogP contribution in [-0.4, -0.2) is 29.1 Å². The first kappa shape index (κ1) is 13.3. The molecule has 1 fully saturated rings. The molecule has 1 aliphatic heterocycles. The van der Waals surface area contributed by atoms with E-state index in [1.165, 1.54) is 19.3 Å². The van der Waals surface area contributed by atoms with Crippen LogP contribution < -0.4 is 10.6 Å². The average Bonchev–Trinajstić information content (AvgIpc) is 2.39. The predicted molar refractivity (Wildman–Crippen MR) is 74.8 cm³/mol. The van der Waals surface area contributed by atoms with Crippen molar-refractivity contribution in [3.05, 3.63) is 17.5 Å². The molecule has 1 saturated heterocycles. The van der Waals surface area contributed by atoms with E-state index < -0.39 is 0 Å². The van der Waals surface area contributed by atoms with Gasteiger partial charge in [-0.05, 0) is 38.7 Å². The van der Waals surface area contributed by atoms with E-state index in [-0.39, 0.29) is 6.04 Å². The molecule has 0 radical (unpaired) electrons. The van der Waals surface area contributed by atoms with E-state index in [2.05, 4.69) is 27.9 Å². The van der Waals surface area contributed by atoms with Gasteiger partial charge < -0.3 is 10.6 Å². The van der Waals surface area contributed by atoms with Gasteiger partial charge in [0.05, 0.1) is 0 Å². The summed E-state index contributed by atoms with van der Waals surface area (Å²) in [6.45, 7) is 6.33. The van der Waals surface area contributed by atoms with Crippen molar-refractivity contribution in [3.8, 4) is 0 Å². The van der Waals surface area contributed by atoms with E-state index in [0.29, 0.717) is 0 Å². The molecule has 1 aliphatic rings. The number of aromatic nitrogens is 2. The molecule has 0 spiro atoms. The first-order chi connectivity index (χ1) is 8.69. The molecule has 1 unspecified atom stereocenters. The molecule has 18 heavy (non-hydrogen) atoms. The number of hydrogen-bond donors (Lipinski definition) is 1. The molecule has 2 heterocycles. The highest BCUT2D eigenvalue weighted by Crippen LogP contribution is 2.17. The molecule has 4 nitrogen and oxygen atoms in total. The largest absolute Gasteiger partial charge is 0.341 e. The summed E-state index contributed by atoms with van der Waals surface area (Å²) >= 11 is 0. The van der Waals surface area contributed by atoms with Crippen LogP contribution in [0.3, 0.4) is 0 Å². The number of anilines is 1. The third-order valence-electron chi connectivity index (χ3n) is 3.53. The zero-order valence-corrected chi connectivity index (χ0v) is 11.5. The van der Waals surface area contributed by atoms with Gasteiger partial charge in [-0.25, -0.2) is 9.97 Å². The number of nitrogens with two attached hydrogens (primary N) is 1. The second kappa shape index (κ2) is 6.14. The van der Waals surface area contributed by atoms with Crippen molar-refractivity contribution in [2.45, 2.75) is 52.0 Å². The highest BCUT2D eigenvalue weighted by Gasteiger charge is 2.15. The van der Waals surface area contributed by atoms with Crippen LogP contribution in [0.4, 0.5) is 5.95 Å². The Bertz CT molecular complexity index is 385. The summed E-state index contributed by atoms with van der Waals surface area (Å²) in [7, 11) is 0. The zero-order chi connectivity index (χ0) is 13.0. The number of hydrogen-bond acceptors (Lipinski definition) is 4. The first-order valence-corrected chi connectivity index (χ1v) is 7.04. The van der Waals surface area contributed by atoms with Crippen LogP contribution in [0.5, 0.6) is 0 Å². The van der Waals surface area contributed by atoms with E-state index in [9.17, 15) is 0 Å². The van der Waals surface area contributed by atoms with Gasteiger partial charge in [-0.2, -0.15) is 0 Å². The van der Waals surface area contributed by atoms with E-state index in [1.54, 1.807) is 0 Å². The maximum atomic E-state index is 6.01. The number of aryl methyl sites for hydroxylation is 1. The van der Waals surface area contributed by atoms with Crippen LogP contribution in [0.2, 0.25) is 0 Å². The highest BCUT2D eigenvalue weighted by atomic mass is 15.3. The third-order valence-corrected chi connectivity index (χ3v) is 3.53. The molecular weight excluding hydrogens is 224 g/mol. The maximum absolute atomic E-state index is 6.01. The van der Waals surface area contributed by atoms with Crippen LogP contribution in [0.25, 0.3) is 0 Å². The van der Waals surface area contributed by atoms with Gasteiger partial charge in [0.1, 0.15) is 0 Å². The molecule has 1 aromatic rings. The Balaban J connectivity index is 2.14. The van der Waals surface area contributed by atoms with Gasteiger partial charge in [-0.3, -0.25) is 0 Å². The summed E-state index contributed by atoms with van der Waals surface area (Å²) < 4.78 is 0. The van der Waals surface area contributed by atoms with Gasteiger partial charge in [0.2, 0.25) is 5.95 Å². The monoisotopic (exact) mass is 248 g/mol. The van der Waals surface area contributed by atoms with Crippen LogP contribution in [0, 0.1) is 6.92 Å². The Morgan fingerprint density at radius 2 is 2.00 bits per heavy atom. The molecule has 0 bridgehead atoms.